The molecule has 0 aliphatic heterocycles. The molecule has 0 spiro atoms. The Morgan fingerprint density at radius 2 is 1.84 bits per heavy atom. The van der Waals surface area contributed by atoms with E-state index in [9.17, 15) is 0 Å². The van der Waals surface area contributed by atoms with Gasteiger partial charge in [0.1, 0.15) is 10.8 Å². The van der Waals surface area contributed by atoms with Gasteiger partial charge >= 0.3 is 0 Å². The van der Waals surface area contributed by atoms with Crippen molar-refractivity contribution in [1.29, 1.82) is 0 Å². The Morgan fingerprint density at radius 1 is 1.16 bits per heavy atom. The lowest BCUT2D eigenvalue weighted by Crippen LogP contribution is -2.22. The highest BCUT2D eigenvalue weighted by Gasteiger charge is 2.19. The van der Waals surface area contributed by atoms with E-state index in [2.05, 4.69) is 33.0 Å². The lowest BCUT2D eigenvalue weighted by Gasteiger charge is -2.09. The number of furan rings is 1. The van der Waals surface area contributed by atoms with Crippen LogP contribution in [0.1, 0.15) is 44.9 Å². The van der Waals surface area contributed by atoms with Crippen molar-refractivity contribution < 1.29 is 4.42 Å². The summed E-state index contributed by atoms with van der Waals surface area (Å²) in [6.45, 7) is 9.24. The summed E-state index contributed by atoms with van der Waals surface area (Å²) in [7, 11) is 0. The zero-order chi connectivity index (χ0) is 14.2. The van der Waals surface area contributed by atoms with Crippen LogP contribution in [0.4, 0.5) is 0 Å². The summed E-state index contributed by atoms with van der Waals surface area (Å²) < 4.78 is 5.94. The smallest absolute Gasteiger partial charge is 0.154 e. The maximum absolute atomic E-state index is 6.23. The van der Waals surface area contributed by atoms with Crippen molar-refractivity contribution in [2.45, 2.75) is 46.2 Å². The van der Waals surface area contributed by atoms with E-state index < -0.39 is 0 Å². The third-order valence-corrected chi connectivity index (χ3v) is 3.90. The Labute approximate surface area is 124 Å². The van der Waals surface area contributed by atoms with Crippen LogP contribution in [0.15, 0.2) is 16.5 Å². The van der Waals surface area contributed by atoms with Gasteiger partial charge in [-0.2, -0.15) is 0 Å². The van der Waals surface area contributed by atoms with Gasteiger partial charge in [-0.1, -0.05) is 50.9 Å². The molecular weight excluding hydrogens is 281 g/mol. The van der Waals surface area contributed by atoms with Crippen LogP contribution in [0.2, 0.25) is 10.0 Å². The minimum Gasteiger partial charge on any atom is -0.458 e. The molecule has 2 nitrogen and oxygen atoms in total. The van der Waals surface area contributed by atoms with Crippen LogP contribution in [0.5, 0.6) is 0 Å². The number of benzene rings is 1. The normalized spacial score (nSPS) is 12.0. The standard InChI is InChI=1S/C15H19Cl2NO/c1-8(2)13-10-5-6-11(16)14(17)15(10)19-12(13)7-18-9(3)4/h5-6,8-9,18H,7H2,1-4H3. The van der Waals surface area contributed by atoms with Gasteiger partial charge in [0.25, 0.3) is 0 Å². The van der Waals surface area contributed by atoms with Crippen LogP contribution in [-0.4, -0.2) is 6.04 Å². The lowest BCUT2D eigenvalue weighted by atomic mass is 9.99. The van der Waals surface area contributed by atoms with E-state index in [1.54, 1.807) is 0 Å². The quantitative estimate of drug-likeness (QED) is 0.822. The largest absolute Gasteiger partial charge is 0.458 e. The van der Waals surface area contributed by atoms with Gasteiger partial charge in [0, 0.05) is 17.0 Å². The molecule has 0 saturated heterocycles. The lowest BCUT2D eigenvalue weighted by molar-refractivity contribution is 0.480. The van der Waals surface area contributed by atoms with Crippen molar-refractivity contribution >= 4 is 34.2 Å². The Hall–Kier alpha value is -0.700. The summed E-state index contributed by atoms with van der Waals surface area (Å²) in [5.41, 5.74) is 1.90. The Morgan fingerprint density at radius 3 is 2.42 bits per heavy atom. The average molecular weight is 300 g/mol. The second kappa shape index (κ2) is 5.74. The predicted octanol–water partition coefficient (Wildman–Crippen LogP) is 5.36. The molecule has 1 aromatic carbocycles. The van der Waals surface area contributed by atoms with Crippen molar-refractivity contribution in [3.8, 4) is 0 Å². The molecule has 0 bridgehead atoms. The molecule has 0 fully saturated rings. The molecule has 104 valence electrons. The van der Waals surface area contributed by atoms with Crippen molar-refractivity contribution in [3.63, 3.8) is 0 Å². The monoisotopic (exact) mass is 299 g/mol. The predicted molar refractivity (Wildman–Crippen MR) is 82.3 cm³/mol. The summed E-state index contributed by atoms with van der Waals surface area (Å²) in [6, 6.07) is 4.22. The number of hydrogen-bond donors (Lipinski definition) is 1. The fourth-order valence-corrected chi connectivity index (χ4v) is 2.59. The van der Waals surface area contributed by atoms with Gasteiger partial charge in [-0.15, -0.1) is 0 Å². The number of halogens is 2. The van der Waals surface area contributed by atoms with Crippen molar-refractivity contribution in [1.82, 2.24) is 5.32 Å². The van der Waals surface area contributed by atoms with Crippen LogP contribution in [0, 0.1) is 0 Å². The molecule has 0 radical (unpaired) electrons. The van der Waals surface area contributed by atoms with Gasteiger partial charge in [0.05, 0.1) is 11.6 Å². The highest BCUT2D eigenvalue weighted by Crippen LogP contribution is 2.38. The van der Waals surface area contributed by atoms with E-state index >= 15 is 0 Å². The van der Waals surface area contributed by atoms with E-state index in [4.69, 9.17) is 27.6 Å². The first-order chi connectivity index (χ1) is 8.91. The summed E-state index contributed by atoms with van der Waals surface area (Å²) in [4.78, 5) is 0. The maximum Gasteiger partial charge on any atom is 0.154 e. The molecule has 0 aliphatic carbocycles. The van der Waals surface area contributed by atoms with Gasteiger partial charge in [-0.05, 0) is 18.1 Å². The Balaban J connectivity index is 2.56. The van der Waals surface area contributed by atoms with E-state index in [1.165, 1.54) is 5.56 Å². The summed E-state index contributed by atoms with van der Waals surface area (Å²) in [5, 5.41) is 5.47. The molecule has 1 aromatic heterocycles. The molecule has 0 saturated carbocycles. The van der Waals surface area contributed by atoms with Gasteiger partial charge in [0.2, 0.25) is 0 Å². The summed E-state index contributed by atoms with van der Waals surface area (Å²) >= 11 is 12.3. The molecule has 1 heterocycles. The third-order valence-electron chi connectivity index (χ3n) is 3.11. The van der Waals surface area contributed by atoms with E-state index in [0.29, 0.717) is 34.1 Å². The van der Waals surface area contributed by atoms with E-state index in [-0.39, 0.29) is 0 Å². The maximum atomic E-state index is 6.23. The van der Waals surface area contributed by atoms with E-state index in [0.717, 1.165) is 11.1 Å². The number of hydrogen-bond acceptors (Lipinski definition) is 2. The average Bonchev–Trinajstić information content (AvgIpc) is 2.70. The van der Waals surface area contributed by atoms with Crippen LogP contribution in [0.3, 0.4) is 0 Å². The fraction of sp³-hybridized carbons (Fsp3) is 0.467. The van der Waals surface area contributed by atoms with Gasteiger partial charge in [-0.3, -0.25) is 0 Å². The van der Waals surface area contributed by atoms with Crippen LogP contribution >= 0.6 is 23.2 Å². The molecule has 0 amide bonds. The van der Waals surface area contributed by atoms with E-state index in [1.807, 2.05) is 12.1 Å². The first kappa shape index (κ1) is 14.7. The molecule has 2 rings (SSSR count). The van der Waals surface area contributed by atoms with Gasteiger partial charge in [0.15, 0.2) is 5.58 Å². The van der Waals surface area contributed by atoms with Crippen molar-refractivity contribution in [3.05, 3.63) is 33.5 Å². The second-order valence-electron chi connectivity index (χ2n) is 5.37. The molecule has 19 heavy (non-hydrogen) atoms. The van der Waals surface area contributed by atoms with Gasteiger partial charge < -0.3 is 9.73 Å². The molecule has 0 unspecified atom stereocenters. The highest BCUT2D eigenvalue weighted by atomic mass is 35.5. The summed E-state index contributed by atoms with van der Waals surface area (Å²) in [5.74, 6) is 1.32. The molecular formula is C15H19Cl2NO. The topological polar surface area (TPSA) is 25.2 Å². The highest BCUT2D eigenvalue weighted by molar-refractivity contribution is 6.44. The van der Waals surface area contributed by atoms with Crippen molar-refractivity contribution in [2.24, 2.45) is 0 Å². The number of rotatable bonds is 4. The molecule has 0 aliphatic rings. The van der Waals surface area contributed by atoms with Crippen LogP contribution in [0.25, 0.3) is 11.0 Å². The SMILES string of the molecule is CC(C)NCc1oc2c(Cl)c(Cl)ccc2c1C(C)C. The first-order valence-electron chi connectivity index (χ1n) is 6.54. The Bertz CT molecular complexity index is 587. The second-order valence-corrected chi connectivity index (χ2v) is 6.15. The molecule has 0 atom stereocenters. The fourth-order valence-electron chi connectivity index (χ4n) is 2.23. The zero-order valence-electron chi connectivity index (χ0n) is 11.7. The zero-order valence-corrected chi connectivity index (χ0v) is 13.2. The number of nitrogens with one attached hydrogen (secondary N) is 1. The number of fused-ring (bicyclic) bond motifs is 1. The van der Waals surface area contributed by atoms with Gasteiger partial charge in [-0.25, -0.2) is 0 Å². The van der Waals surface area contributed by atoms with Crippen molar-refractivity contribution in [2.75, 3.05) is 0 Å². The molecule has 1 N–H and O–H groups in total. The van der Waals surface area contributed by atoms with Crippen LogP contribution in [-0.2, 0) is 6.54 Å². The Kier molecular flexibility index (Phi) is 4.44. The van der Waals surface area contributed by atoms with Crippen LogP contribution < -0.4 is 5.32 Å². The summed E-state index contributed by atoms with van der Waals surface area (Å²) in [6.07, 6.45) is 0. The minimum absolute atomic E-state index is 0.377. The first-order valence-corrected chi connectivity index (χ1v) is 7.30. The molecule has 4 heteroatoms. The third kappa shape index (κ3) is 2.91. The molecule has 2 aromatic rings. The minimum atomic E-state index is 0.377.